The van der Waals surface area contributed by atoms with Crippen molar-refractivity contribution in [2.24, 2.45) is 0 Å². The number of aromatic nitrogens is 1. The summed E-state index contributed by atoms with van der Waals surface area (Å²) in [6.07, 6.45) is 2.59. The van der Waals surface area contributed by atoms with Crippen LogP contribution in [0.25, 0.3) is 10.9 Å². The number of ketones is 1. The number of nitrogens with zero attached hydrogens (tertiary/aromatic N) is 1. The molecule has 1 aliphatic carbocycles. The highest BCUT2D eigenvalue weighted by Crippen LogP contribution is 2.32. The third kappa shape index (κ3) is 2.15. The summed E-state index contributed by atoms with van der Waals surface area (Å²) in [7, 11) is 0. The van der Waals surface area contributed by atoms with E-state index in [9.17, 15) is 4.79 Å². The molecule has 4 rings (SSSR count). The van der Waals surface area contributed by atoms with E-state index in [2.05, 4.69) is 16.7 Å². The van der Waals surface area contributed by atoms with Gasteiger partial charge in [0.05, 0.1) is 0 Å². The maximum atomic E-state index is 12.4. The van der Waals surface area contributed by atoms with Crippen LogP contribution < -0.4 is 0 Å². The predicted molar refractivity (Wildman–Crippen MR) is 89.8 cm³/mol. The normalized spacial score (nSPS) is 14.3. The first-order chi connectivity index (χ1) is 10.7. The molecule has 0 aliphatic heterocycles. The van der Waals surface area contributed by atoms with Crippen molar-refractivity contribution in [3.05, 3.63) is 70.4 Å². The molecule has 22 heavy (non-hydrogen) atoms. The zero-order valence-electron chi connectivity index (χ0n) is 12.2. The molecule has 0 radical (unpaired) electrons. The van der Waals surface area contributed by atoms with Crippen LogP contribution in [0.3, 0.4) is 0 Å². The van der Waals surface area contributed by atoms with Gasteiger partial charge in [0.25, 0.3) is 0 Å². The number of para-hydroxylation sites is 1. The summed E-state index contributed by atoms with van der Waals surface area (Å²) in [5.74, 6) is 0.285. The molecule has 3 aromatic rings. The molecule has 2 nitrogen and oxygen atoms in total. The molecular formula is C19H16ClNO. The Balaban J connectivity index is 1.90. The molecule has 1 heterocycles. The SMILES string of the molecule is O=C1CCCc2c1c1ccccc1n2Cc1ccc(Cl)cc1. The van der Waals surface area contributed by atoms with Gasteiger partial charge >= 0.3 is 0 Å². The molecule has 0 saturated heterocycles. The van der Waals surface area contributed by atoms with E-state index in [-0.39, 0.29) is 5.78 Å². The fourth-order valence-corrected chi connectivity index (χ4v) is 3.55. The molecule has 0 unspecified atom stereocenters. The second-order valence-electron chi connectivity index (χ2n) is 5.83. The Morgan fingerprint density at radius 3 is 2.59 bits per heavy atom. The Labute approximate surface area is 134 Å². The van der Waals surface area contributed by atoms with Gasteiger partial charge in [0.1, 0.15) is 0 Å². The number of fused-ring (bicyclic) bond motifs is 3. The average Bonchev–Trinajstić information content (AvgIpc) is 2.85. The predicted octanol–water partition coefficient (Wildman–Crippen LogP) is 4.86. The lowest BCUT2D eigenvalue weighted by Crippen LogP contribution is -2.13. The molecule has 0 N–H and O–H groups in total. The molecule has 0 saturated carbocycles. The van der Waals surface area contributed by atoms with E-state index in [1.54, 1.807) is 0 Å². The van der Waals surface area contributed by atoms with Gasteiger partial charge in [0.15, 0.2) is 5.78 Å². The van der Waals surface area contributed by atoms with E-state index < -0.39 is 0 Å². The van der Waals surface area contributed by atoms with Gasteiger partial charge in [-0.05, 0) is 36.6 Å². The fourth-order valence-electron chi connectivity index (χ4n) is 3.42. The summed E-state index contributed by atoms with van der Waals surface area (Å²) in [6.45, 7) is 0.778. The van der Waals surface area contributed by atoms with Gasteiger partial charge < -0.3 is 4.57 Å². The third-order valence-electron chi connectivity index (χ3n) is 4.43. The molecule has 1 aliphatic rings. The third-order valence-corrected chi connectivity index (χ3v) is 4.68. The molecule has 0 atom stereocenters. The second kappa shape index (κ2) is 5.29. The molecular weight excluding hydrogens is 294 g/mol. The van der Waals surface area contributed by atoms with Crippen molar-refractivity contribution in [1.29, 1.82) is 0 Å². The minimum Gasteiger partial charge on any atom is -0.339 e. The second-order valence-corrected chi connectivity index (χ2v) is 6.26. The van der Waals surface area contributed by atoms with E-state index >= 15 is 0 Å². The number of benzene rings is 2. The van der Waals surface area contributed by atoms with E-state index in [1.165, 1.54) is 11.3 Å². The summed E-state index contributed by atoms with van der Waals surface area (Å²) < 4.78 is 2.30. The molecule has 1 aromatic heterocycles. The lowest BCUT2D eigenvalue weighted by molar-refractivity contribution is 0.0973. The number of rotatable bonds is 2. The van der Waals surface area contributed by atoms with Crippen LogP contribution in [-0.2, 0) is 13.0 Å². The number of Topliss-reactive ketones (excluding diaryl/α,β-unsaturated/α-hetero) is 1. The quantitative estimate of drug-likeness (QED) is 0.662. The first kappa shape index (κ1) is 13.6. The topological polar surface area (TPSA) is 22.0 Å². The Hall–Kier alpha value is -2.06. The minimum absolute atomic E-state index is 0.285. The molecule has 0 bridgehead atoms. The van der Waals surface area contributed by atoms with Crippen LogP contribution in [0.1, 0.15) is 34.5 Å². The number of hydrogen-bond acceptors (Lipinski definition) is 1. The largest absolute Gasteiger partial charge is 0.339 e. The van der Waals surface area contributed by atoms with Gasteiger partial charge in [0, 0.05) is 40.1 Å². The molecule has 110 valence electrons. The highest BCUT2D eigenvalue weighted by Gasteiger charge is 2.25. The van der Waals surface area contributed by atoms with E-state index in [0.717, 1.165) is 40.9 Å². The van der Waals surface area contributed by atoms with Crippen molar-refractivity contribution >= 4 is 28.3 Å². The summed E-state index contributed by atoms with van der Waals surface area (Å²) in [6, 6.07) is 16.2. The van der Waals surface area contributed by atoms with Crippen LogP contribution in [0.2, 0.25) is 5.02 Å². The van der Waals surface area contributed by atoms with Crippen LogP contribution in [0.15, 0.2) is 48.5 Å². The van der Waals surface area contributed by atoms with Gasteiger partial charge in [-0.2, -0.15) is 0 Å². The van der Waals surface area contributed by atoms with Crippen molar-refractivity contribution < 1.29 is 4.79 Å². The minimum atomic E-state index is 0.285. The lowest BCUT2D eigenvalue weighted by Gasteiger charge is -2.15. The van der Waals surface area contributed by atoms with Crippen molar-refractivity contribution in [2.75, 3.05) is 0 Å². The maximum absolute atomic E-state index is 12.4. The zero-order valence-corrected chi connectivity index (χ0v) is 12.9. The Morgan fingerprint density at radius 2 is 1.77 bits per heavy atom. The first-order valence-corrected chi connectivity index (χ1v) is 7.99. The highest BCUT2D eigenvalue weighted by molar-refractivity contribution is 6.30. The van der Waals surface area contributed by atoms with Gasteiger partial charge in [-0.15, -0.1) is 0 Å². The molecule has 3 heteroatoms. The zero-order chi connectivity index (χ0) is 15.1. The van der Waals surface area contributed by atoms with Gasteiger partial charge in [-0.25, -0.2) is 0 Å². The highest BCUT2D eigenvalue weighted by atomic mass is 35.5. The van der Waals surface area contributed by atoms with Crippen molar-refractivity contribution in [3.63, 3.8) is 0 Å². The summed E-state index contributed by atoms with van der Waals surface area (Å²) in [5, 5.41) is 1.84. The number of halogens is 1. The van der Waals surface area contributed by atoms with Crippen molar-refractivity contribution in [1.82, 2.24) is 4.57 Å². The van der Waals surface area contributed by atoms with E-state index in [0.29, 0.717) is 6.42 Å². The number of hydrogen-bond donors (Lipinski definition) is 0. The summed E-state index contributed by atoms with van der Waals surface area (Å²) in [4.78, 5) is 12.4. The van der Waals surface area contributed by atoms with Crippen LogP contribution in [-0.4, -0.2) is 10.4 Å². The van der Waals surface area contributed by atoms with E-state index in [1.807, 2.05) is 36.4 Å². The molecule has 0 amide bonds. The molecule has 2 aromatic carbocycles. The Kier molecular flexibility index (Phi) is 3.27. The van der Waals surface area contributed by atoms with Crippen LogP contribution in [0.4, 0.5) is 0 Å². The van der Waals surface area contributed by atoms with Gasteiger partial charge in [-0.3, -0.25) is 4.79 Å². The van der Waals surface area contributed by atoms with Crippen LogP contribution in [0.5, 0.6) is 0 Å². The van der Waals surface area contributed by atoms with Crippen LogP contribution >= 0.6 is 11.6 Å². The van der Waals surface area contributed by atoms with E-state index in [4.69, 9.17) is 11.6 Å². The Morgan fingerprint density at radius 1 is 1.00 bits per heavy atom. The average molecular weight is 310 g/mol. The fraction of sp³-hybridized carbons (Fsp3) is 0.211. The maximum Gasteiger partial charge on any atom is 0.165 e. The van der Waals surface area contributed by atoms with Crippen molar-refractivity contribution in [2.45, 2.75) is 25.8 Å². The van der Waals surface area contributed by atoms with Crippen molar-refractivity contribution in [3.8, 4) is 0 Å². The smallest absolute Gasteiger partial charge is 0.165 e. The van der Waals surface area contributed by atoms with Gasteiger partial charge in [-0.1, -0.05) is 41.9 Å². The van der Waals surface area contributed by atoms with Crippen LogP contribution in [0, 0.1) is 0 Å². The molecule has 0 fully saturated rings. The summed E-state index contributed by atoms with van der Waals surface area (Å²) >= 11 is 5.97. The standard InChI is InChI=1S/C19H16ClNO/c20-14-10-8-13(9-11-14)12-21-16-5-2-1-4-15(16)19-17(21)6-3-7-18(19)22/h1-2,4-5,8-11H,3,6-7,12H2. The monoisotopic (exact) mass is 309 g/mol. The number of carbonyl (C=O) groups excluding carboxylic acids is 1. The molecule has 0 spiro atoms. The number of carbonyl (C=O) groups is 1. The van der Waals surface area contributed by atoms with Gasteiger partial charge in [0.2, 0.25) is 0 Å². The Bertz CT molecular complexity index is 861. The summed E-state index contributed by atoms with van der Waals surface area (Å²) in [5.41, 5.74) is 4.48. The first-order valence-electron chi connectivity index (χ1n) is 7.62. The lowest BCUT2D eigenvalue weighted by atomic mass is 9.94.